The third-order valence-corrected chi connectivity index (χ3v) is 0.349. The molecule has 0 radical (unpaired) electrons. The average Bonchev–Trinajstić information content (AvgIpc) is 1.65. The Morgan fingerprint density at radius 3 is 2.43 bits per heavy atom. The van der Waals surface area contributed by atoms with Gasteiger partial charge >= 0.3 is 29.6 Å². The second-order valence-corrected chi connectivity index (χ2v) is 1.04. The maximum atomic E-state index is 9.50. The van der Waals surface area contributed by atoms with Crippen molar-refractivity contribution in [2.45, 2.75) is 0 Å². The minimum atomic E-state index is -1.52. The van der Waals surface area contributed by atoms with E-state index >= 15 is 0 Å². The van der Waals surface area contributed by atoms with Crippen LogP contribution in [0.2, 0.25) is 0 Å². The van der Waals surface area contributed by atoms with Crippen LogP contribution in [0.3, 0.4) is 0 Å². The average molecular weight is 129 g/mol. The Bertz CT molecular complexity index is 114. The van der Waals surface area contributed by atoms with E-state index in [2.05, 4.69) is 0 Å². The first-order valence-electron chi connectivity index (χ1n) is 1.71. The quantitative estimate of drug-likeness (QED) is 0.272. The summed E-state index contributed by atoms with van der Waals surface area (Å²) >= 11 is 4.81. The smallest absolute Gasteiger partial charge is 0.544 e. The summed E-state index contributed by atoms with van der Waals surface area (Å²) in [6.07, 6.45) is 0. The van der Waals surface area contributed by atoms with E-state index in [1.54, 1.807) is 0 Å². The minimum absolute atomic E-state index is 0. The zero-order valence-electron chi connectivity index (χ0n) is 4.77. The first-order chi connectivity index (χ1) is 3.18. The van der Waals surface area contributed by atoms with E-state index in [9.17, 15) is 9.90 Å². The molecule has 0 aliphatic heterocycles. The van der Waals surface area contributed by atoms with E-state index < -0.39 is 11.0 Å². The van der Waals surface area contributed by atoms with Crippen molar-refractivity contribution in [3.63, 3.8) is 0 Å². The summed E-state index contributed by atoms with van der Waals surface area (Å²) in [6, 6.07) is 0. The van der Waals surface area contributed by atoms with Crippen LogP contribution in [0.1, 0.15) is 1.37 Å². The Morgan fingerprint density at radius 1 is 2.00 bits per heavy atom. The van der Waals surface area contributed by atoms with Gasteiger partial charge in [0.1, 0.15) is 0 Å². The number of hydrogen-bond acceptors (Lipinski definition) is 2. The molecule has 0 bridgehead atoms. The number of carbonyl (C=O) groups is 1. The van der Waals surface area contributed by atoms with Gasteiger partial charge in [-0.2, -0.15) is 0 Å². The van der Waals surface area contributed by atoms with Crippen LogP contribution in [-0.4, -0.2) is 5.97 Å². The molecule has 0 fully saturated rings. The van der Waals surface area contributed by atoms with Gasteiger partial charge in [0.05, 0.1) is 12.4 Å². The molecule has 0 saturated heterocycles. The number of hydrogen-bond donors (Lipinski definition) is 0. The van der Waals surface area contributed by atoms with Gasteiger partial charge in [0.15, 0.2) is 0 Å². The van der Waals surface area contributed by atoms with E-state index in [1.807, 2.05) is 0 Å². The van der Waals surface area contributed by atoms with Gasteiger partial charge in [0.2, 0.25) is 0 Å². The largest absolute Gasteiger partial charge is 1.00 e. The van der Waals surface area contributed by atoms with Gasteiger partial charge in [-0.05, 0) is 0 Å². The van der Waals surface area contributed by atoms with Crippen LogP contribution in [0.4, 0.5) is 0 Å². The molecule has 0 amide bonds. The second-order valence-electron chi connectivity index (χ2n) is 0.635. The Kier molecular flexibility index (Phi) is 4.99. The molecule has 0 aromatic carbocycles. The van der Waals surface area contributed by atoms with Crippen LogP contribution >= 0.6 is 11.6 Å². The molecule has 0 N–H and O–H groups in total. The Hall–Kier alpha value is 0.500. The van der Waals surface area contributed by atoms with Gasteiger partial charge in [-0.15, -0.1) is 0 Å². The van der Waals surface area contributed by atoms with Crippen LogP contribution in [0.5, 0.6) is 0 Å². The summed E-state index contributed by atoms with van der Waals surface area (Å²) in [7, 11) is 0. The Balaban J connectivity index is 0. The number of aliphatic carboxylic acids is 1. The first-order valence-corrected chi connectivity index (χ1v) is 1.51. The standard InChI is InChI=1S/C3H3ClO2.Na/c1-2(4)3(5)6;/h1H2,(H,5,6);/q;+1/p-1/i1D;. The second kappa shape index (κ2) is 4.65. The summed E-state index contributed by atoms with van der Waals surface area (Å²) in [5.74, 6) is -1.52. The Morgan fingerprint density at radius 2 is 2.43 bits per heavy atom. The van der Waals surface area contributed by atoms with Crippen LogP contribution in [-0.2, 0) is 4.79 Å². The fourth-order valence-electron chi connectivity index (χ4n) is 0. The normalized spacial score (nSPS) is 11.6. The number of carboxylic acid groups (broad SMARTS) is 1. The molecule has 0 aliphatic carbocycles. The number of carbonyl (C=O) groups excluding carboxylic acids is 1. The summed E-state index contributed by atoms with van der Waals surface area (Å²) in [6.45, 7) is 0.511. The van der Waals surface area contributed by atoms with Crippen LogP contribution in [0.15, 0.2) is 11.6 Å². The minimum Gasteiger partial charge on any atom is -0.544 e. The molecule has 0 saturated carbocycles. The van der Waals surface area contributed by atoms with E-state index in [-0.39, 0.29) is 29.6 Å². The number of halogens is 1. The first kappa shape index (κ1) is 7.50. The van der Waals surface area contributed by atoms with E-state index in [0.29, 0.717) is 6.55 Å². The predicted octanol–water partition coefficient (Wildman–Crippen LogP) is -3.51. The van der Waals surface area contributed by atoms with Crippen molar-refractivity contribution in [3.8, 4) is 0 Å². The van der Waals surface area contributed by atoms with Crippen LogP contribution in [0.25, 0.3) is 0 Å². The summed E-state index contributed by atoms with van der Waals surface area (Å²) in [5.41, 5.74) is 0. The van der Waals surface area contributed by atoms with E-state index in [1.165, 1.54) is 0 Å². The van der Waals surface area contributed by atoms with E-state index in [4.69, 9.17) is 13.0 Å². The topological polar surface area (TPSA) is 40.1 Å². The molecule has 0 unspecified atom stereocenters. The van der Waals surface area contributed by atoms with Crippen molar-refractivity contribution in [3.05, 3.63) is 11.6 Å². The number of rotatable bonds is 1. The molecule has 0 rings (SSSR count). The van der Waals surface area contributed by atoms with Crippen molar-refractivity contribution in [1.29, 1.82) is 0 Å². The van der Waals surface area contributed by atoms with Crippen molar-refractivity contribution in [2.24, 2.45) is 0 Å². The Labute approximate surface area is 69.9 Å². The molecular weight excluding hydrogens is 126 g/mol. The molecule has 0 spiro atoms. The molecule has 0 atom stereocenters. The molecule has 0 aliphatic rings. The van der Waals surface area contributed by atoms with Gasteiger partial charge in [0, 0.05) is 0 Å². The molecule has 2 nitrogen and oxygen atoms in total. The molecule has 0 aromatic heterocycles. The summed E-state index contributed by atoms with van der Waals surface area (Å²) in [4.78, 5) is 9.50. The summed E-state index contributed by atoms with van der Waals surface area (Å²) in [5, 5.41) is 8.92. The third kappa shape index (κ3) is 6.50. The fraction of sp³-hybridized carbons (Fsp3) is 0. The third-order valence-electron chi connectivity index (χ3n) is 0.195. The summed E-state index contributed by atoms with van der Waals surface area (Å²) < 4.78 is 6.22. The molecular formula is C3H2ClNaO2. The van der Waals surface area contributed by atoms with Crippen LogP contribution < -0.4 is 34.7 Å². The van der Waals surface area contributed by atoms with Gasteiger partial charge in [-0.1, -0.05) is 18.2 Å². The van der Waals surface area contributed by atoms with E-state index in [0.717, 1.165) is 0 Å². The van der Waals surface area contributed by atoms with Gasteiger partial charge in [-0.3, -0.25) is 0 Å². The van der Waals surface area contributed by atoms with Gasteiger partial charge < -0.3 is 9.90 Å². The SMILES string of the molecule is [2H]C=C(Cl)C(=O)[O-].[Na+]. The van der Waals surface area contributed by atoms with Crippen molar-refractivity contribution >= 4 is 17.6 Å². The van der Waals surface area contributed by atoms with Crippen molar-refractivity contribution < 1.29 is 40.8 Å². The van der Waals surface area contributed by atoms with Crippen LogP contribution in [0, 0.1) is 0 Å². The van der Waals surface area contributed by atoms with Gasteiger partial charge in [-0.25, -0.2) is 0 Å². The molecule has 34 valence electrons. The van der Waals surface area contributed by atoms with Gasteiger partial charge in [0.25, 0.3) is 0 Å². The zero-order chi connectivity index (χ0) is 5.86. The zero-order valence-corrected chi connectivity index (χ0v) is 6.53. The van der Waals surface area contributed by atoms with Crippen molar-refractivity contribution in [2.75, 3.05) is 0 Å². The fourth-order valence-corrected chi connectivity index (χ4v) is 0. The predicted molar refractivity (Wildman–Crippen MR) is 20.0 cm³/mol. The molecule has 4 heteroatoms. The molecule has 0 aromatic rings. The molecule has 7 heavy (non-hydrogen) atoms. The number of carboxylic acids is 1. The monoisotopic (exact) mass is 129 g/mol. The maximum absolute atomic E-state index is 9.50. The maximum Gasteiger partial charge on any atom is 1.00 e. The molecule has 0 heterocycles. The van der Waals surface area contributed by atoms with Crippen molar-refractivity contribution in [1.82, 2.24) is 0 Å².